The maximum Gasteiger partial charge on any atom is 0.0106 e. The standard InChI is InChI=1S/C12H20S/c1-6-10-7-11(8(2)3)13-12(10)9(4)5/h7-9H,6H2,1-5H3. The summed E-state index contributed by atoms with van der Waals surface area (Å²) in [4.78, 5) is 3.13. The smallest absolute Gasteiger partial charge is 0.0106 e. The van der Waals surface area contributed by atoms with Crippen LogP contribution in [0.25, 0.3) is 0 Å². The molecule has 74 valence electrons. The van der Waals surface area contributed by atoms with E-state index in [1.165, 1.54) is 6.42 Å². The second-order valence-corrected chi connectivity index (χ2v) is 5.32. The van der Waals surface area contributed by atoms with E-state index in [0.717, 1.165) is 0 Å². The maximum absolute atomic E-state index is 2.39. The molecule has 0 spiro atoms. The molecule has 0 aromatic carbocycles. The predicted octanol–water partition coefficient (Wildman–Crippen LogP) is 4.56. The molecule has 13 heavy (non-hydrogen) atoms. The Morgan fingerprint density at radius 1 is 1.15 bits per heavy atom. The van der Waals surface area contributed by atoms with Gasteiger partial charge in [0.2, 0.25) is 0 Å². The summed E-state index contributed by atoms with van der Waals surface area (Å²) in [6.07, 6.45) is 1.18. The minimum atomic E-state index is 0.683. The van der Waals surface area contributed by atoms with E-state index in [-0.39, 0.29) is 0 Å². The van der Waals surface area contributed by atoms with Crippen LogP contribution < -0.4 is 0 Å². The van der Waals surface area contributed by atoms with Crippen molar-refractivity contribution in [2.45, 2.75) is 52.9 Å². The van der Waals surface area contributed by atoms with Gasteiger partial charge in [-0.15, -0.1) is 11.3 Å². The fraction of sp³-hybridized carbons (Fsp3) is 0.667. The lowest BCUT2D eigenvalue weighted by Gasteiger charge is -2.03. The first-order chi connectivity index (χ1) is 6.06. The van der Waals surface area contributed by atoms with Crippen LogP contribution in [0.4, 0.5) is 0 Å². The van der Waals surface area contributed by atoms with E-state index >= 15 is 0 Å². The maximum atomic E-state index is 2.39. The molecule has 0 amide bonds. The molecule has 0 aliphatic carbocycles. The van der Waals surface area contributed by atoms with Gasteiger partial charge in [-0.05, 0) is 29.9 Å². The molecule has 1 aromatic rings. The van der Waals surface area contributed by atoms with Crippen LogP contribution in [0.2, 0.25) is 0 Å². The third-order valence-corrected chi connectivity index (χ3v) is 4.11. The molecule has 0 aliphatic heterocycles. The molecule has 0 saturated heterocycles. The van der Waals surface area contributed by atoms with Crippen molar-refractivity contribution < 1.29 is 0 Å². The summed E-state index contributed by atoms with van der Waals surface area (Å²) in [5, 5.41) is 0. The van der Waals surface area contributed by atoms with Crippen LogP contribution in [0.3, 0.4) is 0 Å². The zero-order chi connectivity index (χ0) is 10.0. The van der Waals surface area contributed by atoms with Crippen molar-refractivity contribution in [3.8, 4) is 0 Å². The second-order valence-electron chi connectivity index (χ2n) is 4.20. The molecule has 0 atom stereocenters. The third kappa shape index (κ3) is 2.34. The number of rotatable bonds is 3. The highest BCUT2D eigenvalue weighted by Gasteiger charge is 2.12. The minimum absolute atomic E-state index is 0.683. The van der Waals surface area contributed by atoms with Crippen molar-refractivity contribution >= 4 is 11.3 Å². The summed E-state index contributed by atoms with van der Waals surface area (Å²) in [7, 11) is 0. The fourth-order valence-electron chi connectivity index (χ4n) is 1.51. The highest BCUT2D eigenvalue weighted by atomic mass is 32.1. The molecule has 0 radical (unpaired) electrons. The first-order valence-electron chi connectivity index (χ1n) is 5.18. The van der Waals surface area contributed by atoms with E-state index < -0.39 is 0 Å². The van der Waals surface area contributed by atoms with E-state index in [9.17, 15) is 0 Å². The van der Waals surface area contributed by atoms with Gasteiger partial charge in [0.1, 0.15) is 0 Å². The first kappa shape index (κ1) is 10.8. The van der Waals surface area contributed by atoms with E-state index in [0.29, 0.717) is 11.8 Å². The van der Waals surface area contributed by atoms with E-state index in [1.54, 1.807) is 15.3 Å². The topological polar surface area (TPSA) is 0 Å². The zero-order valence-electron chi connectivity index (χ0n) is 9.35. The SMILES string of the molecule is CCc1cc(C(C)C)sc1C(C)C. The molecule has 0 unspecified atom stereocenters. The number of hydrogen-bond acceptors (Lipinski definition) is 1. The molecule has 1 heterocycles. The number of aryl methyl sites for hydroxylation is 1. The first-order valence-corrected chi connectivity index (χ1v) is 6.00. The van der Waals surface area contributed by atoms with Crippen molar-refractivity contribution in [3.63, 3.8) is 0 Å². The average Bonchev–Trinajstić information content (AvgIpc) is 2.47. The molecule has 0 bridgehead atoms. The summed E-state index contributed by atoms with van der Waals surface area (Å²) < 4.78 is 0. The van der Waals surface area contributed by atoms with E-state index in [4.69, 9.17) is 0 Å². The monoisotopic (exact) mass is 196 g/mol. The van der Waals surface area contributed by atoms with Crippen LogP contribution in [0, 0.1) is 0 Å². The van der Waals surface area contributed by atoms with Crippen molar-refractivity contribution in [2.24, 2.45) is 0 Å². The van der Waals surface area contributed by atoms with Crippen LogP contribution in [-0.4, -0.2) is 0 Å². The third-order valence-electron chi connectivity index (χ3n) is 2.34. The molecule has 0 N–H and O–H groups in total. The molecule has 0 aliphatic rings. The molecule has 0 nitrogen and oxygen atoms in total. The Morgan fingerprint density at radius 3 is 2.08 bits per heavy atom. The predicted molar refractivity (Wildman–Crippen MR) is 61.9 cm³/mol. The van der Waals surface area contributed by atoms with Crippen LogP contribution in [0.1, 0.15) is 61.8 Å². The Kier molecular flexibility index (Phi) is 3.55. The molecular weight excluding hydrogens is 176 g/mol. The van der Waals surface area contributed by atoms with Gasteiger partial charge in [0.25, 0.3) is 0 Å². The van der Waals surface area contributed by atoms with Crippen molar-refractivity contribution in [3.05, 3.63) is 21.4 Å². The Hall–Kier alpha value is -0.300. The number of thiophene rings is 1. The molecule has 1 rings (SSSR count). The van der Waals surface area contributed by atoms with Crippen LogP contribution in [-0.2, 0) is 6.42 Å². The van der Waals surface area contributed by atoms with Crippen LogP contribution >= 0.6 is 11.3 Å². The van der Waals surface area contributed by atoms with Gasteiger partial charge in [0, 0.05) is 9.75 Å². The summed E-state index contributed by atoms with van der Waals surface area (Å²) >= 11 is 2.00. The fourth-order valence-corrected chi connectivity index (χ4v) is 2.78. The lowest BCUT2D eigenvalue weighted by molar-refractivity contribution is 0.868. The molecule has 0 fully saturated rings. The van der Waals surface area contributed by atoms with Crippen molar-refractivity contribution in [2.75, 3.05) is 0 Å². The van der Waals surface area contributed by atoms with Gasteiger partial charge in [-0.1, -0.05) is 34.6 Å². The Balaban J connectivity index is 3.04. The summed E-state index contributed by atoms with van der Waals surface area (Å²) in [5.41, 5.74) is 1.56. The second kappa shape index (κ2) is 4.28. The Labute approximate surface area is 86.0 Å². The normalized spacial score (nSPS) is 11.6. The Bertz CT molecular complexity index is 269. The van der Waals surface area contributed by atoms with Crippen molar-refractivity contribution in [1.29, 1.82) is 0 Å². The molecule has 1 aromatic heterocycles. The van der Waals surface area contributed by atoms with Gasteiger partial charge in [-0.3, -0.25) is 0 Å². The summed E-state index contributed by atoms with van der Waals surface area (Å²) in [6, 6.07) is 2.39. The lowest BCUT2D eigenvalue weighted by atomic mass is 10.0. The van der Waals surface area contributed by atoms with Gasteiger partial charge in [0.05, 0.1) is 0 Å². The van der Waals surface area contributed by atoms with Crippen molar-refractivity contribution in [1.82, 2.24) is 0 Å². The quantitative estimate of drug-likeness (QED) is 0.665. The van der Waals surface area contributed by atoms with Crippen LogP contribution in [0.5, 0.6) is 0 Å². The molecular formula is C12H20S. The van der Waals surface area contributed by atoms with Gasteiger partial charge >= 0.3 is 0 Å². The largest absolute Gasteiger partial charge is 0.145 e. The number of hydrogen-bond donors (Lipinski definition) is 0. The Morgan fingerprint density at radius 2 is 1.77 bits per heavy atom. The highest BCUT2D eigenvalue weighted by molar-refractivity contribution is 7.12. The van der Waals surface area contributed by atoms with Gasteiger partial charge < -0.3 is 0 Å². The summed E-state index contributed by atoms with van der Waals surface area (Å²) in [6.45, 7) is 11.4. The molecule has 0 saturated carbocycles. The minimum Gasteiger partial charge on any atom is -0.145 e. The lowest BCUT2D eigenvalue weighted by Crippen LogP contribution is -1.87. The highest BCUT2D eigenvalue weighted by Crippen LogP contribution is 2.33. The molecule has 1 heteroatoms. The van der Waals surface area contributed by atoms with Crippen LogP contribution in [0.15, 0.2) is 6.07 Å². The van der Waals surface area contributed by atoms with E-state index in [1.807, 2.05) is 11.3 Å². The average molecular weight is 196 g/mol. The summed E-state index contributed by atoms with van der Waals surface area (Å²) in [5.74, 6) is 1.37. The van der Waals surface area contributed by atoms with Gasteiger partial charge in [0.15, 0.2) is 0 Å². The van der Waals surface area contributed by atoms with Gasteiger partial charge in [-0.25, -0.2) is 0 Å². The zero-order valence-corrected chi connectivity index (χ0v) is 10.2. The van der Waals surface area contributed by atoms with Gasteiger partial charge in [-0.2, -0.15) is 0 Å². The van der Waals surface area contributed by atoms with E-state index in [2.05, 4.69) is 40.7 Å².